The average Bonchev–Trinajstić information content (AvgIpc) is 2.38. The van der Waals surface area contributed by atoms with Crippen LogP contribution in [0.5, 0.6) is 5.75 Å². The summed E-state index contributed by atoms with van der Waals surface area (Å²) in [5.41, 5.74) is 6.33. The van der Waals surface area contributed by atoms with Crippen molar-refractivity contribution in [1.29, 1.82) is 0 Å². The third-order valence-corrected chi connectivity index (χ3v) is 3.84. The lowest BCUT2D eigenvalue weighted by atomic mass is 10.2. The Balaban J connectivity index is 2.31. The Kier molecular flexibility index (Phi) is 4.97. The van der Waals surface area contributed by atoms with E-state index in [2.05, 4.69) is 36.8 Å². The lowest BCUT2D eigenvalue weighted by Gasteiger charge is -2.11. The highest BCUT2D eigenvalue weighted by Crippen LogP contribution is 2.37. The quantitative estimate of drug-likeness (QED) is 0.809. The summed E-state index contributed by atoms with van der Waals surface area (Å²) < 4.78 is 7.74. The predicted molar refractivity (Wildman–Crippen MR) is 80.9 cm³/mol. The average molecular weight is 374 g/mol. The first-order valence-corrected chi connectivity index (χ1v) is 7.38. The smallest absolute Gasteiger partial charge is 0.159 e. The molecule has 1 heterocycles. The first-order valence-electron chi connectivity index (χ1n) is 5.79. The Morgan fingerprint density at radius 1 is 1.22 bits per heavy atom. The maximum atomic E-state index is 5.82. The number of hydrogen-bond donors (Lipinski definition) is 1. The minimum atomic E-state index is 0.656. The van der Waals surface area contributed by atoms with Crippen molar-refractivity contribution < 1.29 is 4.74 Å². The number of pyridine rings is 1. The fourth-order valence-corrected chi connectivity index (χ4v) is 3.09. The predicted octanol–water partition coefficient (Wildman–Crippen LogP) is 3.88. The number of nitrogens with two attached hydrogens (primary N) is 1. The highest BCUT2D eigenvalue weighted by molar-refractivity contribution is 9.11. The highest BCUT2D eigenvalue weighted by atomic mass is 79.9. The second kappa shape index (κ2) is 6.50. The van der Waals surface area contributed by atoms with Gasteiger partial charge in [-0.2, -0.15) is 0 Å². The van der Waals surface area contributed by atoms with E-state index in [9.17, 15) is 0 Å². The van der Waals surface area contributed by atoms with E-state index in [-0.39, 0.29) is 0 Å². The molecule has 0 aliphatic carbocycles. The lowest BCUT2D eigenvalue weighted by molar-refractivity contribution is 0.309. The molecule has 0 bridgehead atoms. The van der Waals surface area contributed by atoms with Gasteiger partial charge in [-0.05, 0) is 47.4 Å². The standard InChI is InChI=1S/C13H14Br2N2O/c14-10-8-11(15)13(18-7-2-1-5-16)12-9(10)4-3-6-17-12/h3-4,6,8H,1-2,5,7,16H2. The van der Waals surface area contributed by atoms with Crippen molar-refractivity contribution in [2.24, 2.45) is 5.73 Å². The molecule has 2 N–H and O–H groups in total. The van der Waals surface area contributed by atoms with Gasteiger partial charge in [0.05, 0.1) is 11.1 Å². The van der Waals surface area contributed by atoms with Crippen molar-refractivity contribution in [2.75, 3.05) is 13.2 Å². The largest absolute Gasteiger partial charge is 0.490 e. The van der Waals surface area contributed by atoms with Crippen molar-refractivity contribution in [2.45, 2.75) is 12.8 Å². The monoisotopic (exact) mass is 372 g/mol. The van der Waals surface area contributed by atoms with Crippen molar-refractivity contribution in [3.8, 4) is 5.75 Å². The maximum Gasteiger partial charge on any atom is 0.159 e. The second-order valence-corrected chi connectivity index (χ2v) is 5.62. The Morgan fingerprint density at radius 3 is 2.83 bits per heavy atom. The number of ether oxygens (including phenoxy) is 1. The molecule has 5 heteroatoms. The molecule has 18 heavy (non-hydrogen) atoms. The van der Waals surface area contributed by atoms with Crippen LogP contribution in [0.4, 0.5) is 0 Å². The van der Waals surface area contributed by atoms with E-state index in [0.717, 1.165) is 38.4 Å². The molecule has 2 rings (SSSR count). The number of halogens is 2. The van der Waals surface area contributed by atoms with Crippen molar-refractivity contribution >= 4 is 42.8 Å². The summed E-state index contributed by atoms with van der Waals surface area (Å²) >= 11 is 7.05. The van der Waals surface area contributed by atoms with Gasteiger partial charge in [0.25, 0.3) is 0 Å². The van der Waals surface area contributed by atoms with Crippen LogP contribution in [-0.2, 0) is 0 Å². The zero-order valence-electron chi connectivity index (χ0n) is 9.83. The molecule has 0 saturated heterocycles. The SMILES string of the molecule is NCCCCOc1c(Br)cc(Br)c2cccnc12. The molecule has 0 spiro atoms. The minimum Gasteiger partial charge on any atom is -0.490 e. The Morgan fingerprint density at radius 2 is 2.06 bits per heavy atom. The number of benzene rings is 1. The number of fused-ring (bicyclic) bond motifs is 1. The van der Waals surface area contributed by atoms with Crippen molar-refractivity contribution in [3.05, 3.63) is 33.3 Å². The second-order valence-electron chi connectivity index (χ2n) is 3.91. The zero-order chi connectivity index (χ0) is 13.0. The number of unbranched alkanes of at least 4 members (excludes halogenated alkanes) is 1. The molecule has 0 amide bonds. The fraction of sp³-hybridized carbons (Fsp3) is 0.308. The Hall–Kier alpha value is -0.650. The molecule has 0 saturated carbocycles. The van der Waals surface area contributed by atoms with Gasteiger partial charge in [-0.3, -0.25) is 4.98 Å². The van der Waals surface area contributed by atoms with Crippen LogP contribution in [0.2, 0.25) is 0 Å². The fourth-order valence-electron chi connectivity index (χ4n) is 1.70. The molecule has 2 aromatic rings. The summed E-state index contributed by atoms with van der Waals surface area (Å²) in [7, 11) is 0. The number of hydrogen-bond acceptors (Lipinski definition) is 3. The minimum absolute atomic E-state index is 0.656. The summed E-state index contributed by atoms with van der Waals surface area (Å²) in [6, 6.07) is 5.92. The molecular weight excluding hydrogens is 360 g/mol. The van der Waals surface area contributed by atoms with Crippen LogP contribution in [0.1, 0.15) is 12.8 Å². The molecular formula is C13H14Br2N2O. The first kappa shape index (κ1) is 13.8. The van der Waals surface area contributed by atoms with E-state index in [1.807, 2.05) is 18.2 Å². The van der Waals surface area contributed by atoms with Crippen LogP contribution in [0.15, 0.2) is 33.3 Å². The van der Waals surface area contributed by atoms with Gasteiger partial charge in [-0.25, -0.2) is 0 Å². The van der Waals surface area contributed by atoms with Crippen LogP contribution < -0.4 is 10.5 Å². The molecule has 0 fully saturated rings. The highest BCUT2D eigenvalue weighted by Gasteiger charge is 2.11. The van der Waals surface area contributed by atoms with E-state index < -0.39 is 0 Å². The molecule has 96 valence electrons. The van der Waals surface area contributed by atoms with Crippen molar-refractivity contribution in [1.82, 2.24) is 4.98 Å². The molecule has 0 atom stereocenters. The topological polar surface area (TPSA) is 48.1 Å². The van der Waals surface area contributed by atoms with E-state index in [1.165, 1.54) is 0 Å². The molecule has 1 aromatic heterocycles. The van der Waals surface area contributed by atoms with Gasteiger partial charge in [0.2, 0.25) is 0 Å². The maximum absolute atomic E-state index is 5.82. The van der Waals surface area contributed by atoms with Gasteiger partial charge in [-0.1, -0.05) is 22.0 Å². The van der Waals surface area contributed by atoms with Crippen LogP contribution in [0.25, 0.3) is 10.9 Å². The molecule has 0 radical (unpaired) electrons. The molecule has 0 aliphatic heterocycles. The van der Waals surface area contributed by atoms with Gasteiger partial charge < -0.3 is 10.5 Å². The van der Waals surface area contributed by atoms with E-state index >= 15 is 0 Å². The molecule has 3 nitrogen and oxygen atoms in total. The normalized spacial score (nSPS) is 10.8. The lowest BCUT2D eigenvalue weighted by Crippen LogP contribution is -2.04. The summed E-state index contributed by atoms with van der Waals surface area (Å²) in [4.78, 5) is 4.39. The van der Waals surface area contributed by atoms with E-state index in [0.29, 0.717) is 13.2 Å². The third-order valence-electron chi connectivity index (χ3n) is 2.60. The Labute approximate surface area is 123 Å². The first-order chi connectivity index (χ1) is 8.74. The van der Waals surface area contributed by atoms with Crippen molar-refractivity contribution in [3.63, 3.8) is 0 Å². The summed E-state index contributed by atoms with van der Waals surface area (Å²) in [5, 5.41) is 1.05. The van der Waals surface area contributed by atoms with Gasteiger partial charge in [0.15, 0.2) is 5.75 Å². The van der Waals surface area contributed by atoms with Crippen LogP contribution in [0, 0.1) is 0 Å². The molecule has 1 aromatic carbocycles. The molecule has 0 unspecified atom stereocenters. The number of nitrogens with zero attached hydrogens (tertiary/aromatic N) is 1. The van der Waals surface area contributed by atoms with Gasteiger partial charge >= 0.3 is 0 Å². The third kappa shape index (κ3) is 3.02. The van der Waals surface area contributed by atoms with E-state index in [4.69, 9.17) is 10.5 Å². The number of rotatable bonds is 5. The van der Waals surface area contributed by atoms with Crippen LogP contribution in [-0.4, -0.2) is 18.1 Å². The van der Waals surface area contributed by atoms with E-state index in [1.54, 1.807) is 6.20 Å². The van der Waals surface area contributed by atoms with Gasteiger partial charge in [0, 0.05) is 16.1 Å². The van der Waals surface area contributed by atoms with Crippen LogP contribution >= 0.6 is 31.9 Å². The van der Waals surface area contributed by atoms with Gasteiger partial charge in [-0.15, -0.1) is 0 Å². The zero-order valence-corrected chi connectivity index (χ0v) is 13.0. The summed E-state index contributed by atoms with van der Waals surface area (Å²) in [5.74, 6) is 0.797. The van der Waals surface area contributed by atoms with Crippen LogP contribution in [0.3, 0.4) is 0 Å². The summed E-state index contributed by atoms with van der Waals surface area (Å²) in [6.07, 6.45) is 3.70. The summed E-state index contributed by atoms with van der Waals surface area (Å²) in [6.45, 7) is 1.35. The Bertz CT molecular complexity index is 546. The van der Waals surface area contributed by atoms with Gasteiger partial charge in [0.1, 0.15) is 5.52 Å². The number of aromatic nitrogens is 1. The molecule has 0 aliphatic rings.